The lowest BCUT2D eigenvalue weighted by Crippen LogP contribution is -2.26. The highest BCUT2D eigenvalue weighted by molar-refractivity contribution is 5.83. The predicted molar refractivity (Wildman–Crippen MR) is 166 cm³/mol. The minimum absolute atomic E-state index is 0.240. The molecule has 41 heavy (non-hydrogen) atoms. The molecule has 4 aromatic carbocycles. The number of hydrazone groups is 1. The van der Waals surface area contributed by atoms with E-state index in [1.54, 1.807) is 0 Å². The van der Waals surface area contributed by atoms with Crippen molar-refractivity contribution >= 4 is 17.7 Å². The minimum Gasteiger partial charge on any atom is -0.457 e. The number of aromatic nitrogens is 2. The van der Waals surface area contributed by atoms with Crippen LogP contribution in [0.15, 0.2) is 145 Å². The third-order valence-electron chi connectivity index (χ3n) is 7.30. The molecule has 6 heteroatoms. The molecule has 0 saturated heterocycles. The molecule has 5 aromatic rings. The zero-order chi connectivity index (χ0) is 27.4. The van der Waals surface area contributed by atoms with Gasteiger partial charge in [-0.05, 0) is 48.4 Å². The number of hydrogen-bond donors (Lipinski definition) is 0. The zero-order valence-corrected chi connectivity index (χ0v) is 22.5. The van der Waals surface area contributed by atoms with Gasteiger partial charge in [-0.15, -0.1) is 0 Å². The monoisotopic (exact) mass is 535 g/mol. The average Bonchev–Trinajstić information content (AvgIpc) is 3.72. The van der Waals surface area contributed by atoms with Crippen LogP contribution >= 0.6 is 0 Å². The van der Waals surface area contributed by atoms with Crippen LogP contribution < -0.4 is 14.6 Å². The van der Waals surface area contributed by atoms with Gasteiger partial charge in [-0.3, -0.25) is 0 Å². The number of ether oxygens (including phenoxy) is 1. The number of benzene rings is 4. The molecule has 0 saturated carbocycles. The van der Waals surface area contributed by atoms with Crippen molar-refractivity contribution in [2.45, 2.75) is 12.3 Å². The Morgan fingerprint density at radius 2 is 1.41 bits per heavy atom. The summed E-state index contributed by atoms with van der Waals surface area (Å²) in [6.45, 7) is 0.639. The van der Waals surface area contributed by atoms with E-state index in [0.717, 1.165) is 51.8 Å². The SMILES string of the molecule is C1=CC[C@H](c2nn(-c3cccc(Oc4cccc(N5CN(c6ccccc6)C=N5)c4)c3)cc2-c2ccccc2)C=C1. The van der Waals surface area contributed by atoms with Crippen molar-refractivity contribution in [1.82, 2.24) is 9.78 Å². The molecule has 1 atom stereocenters. The maximum atomic E-state index is 6.34. The van der Waals surface area contributed by atoms with Crippen LogP contribution in [0.5, 0.6) is 11.5 Å². The summed E-state index contributed by atoms with van der Waals surface area (Å²) in [4.78, 5) is 2.11. The van der Waals surface area contributed by atoms with Crippen molar-refractivity contribution < 1.29 is 4.74 Å². The largest absolute Gasteiger partial charge is 0.457 e. The fourth-order valence-electron chi connectivity index (χ4n) is 5.21. The Bertz CT molecular complexity index is 1740. The Morgan fingerprint density at radius 1 is 0.707 bits per heavy atom. The molecule has 200 valence electrons. The maximum absolute atomic E-state index is 6.34. The van der Waals surface area contributed by atoms with Gasteiger partial charge in [-0.1, -0.05) is 85.0 Å². The summed E-state index contributed by atoms with van der Waals surface area (Å²) in [5.41, 5.74) is 6.40. The Hall–Kier alpha value is -5.36. The molecule has 1 aliphatic carbocycles. The summed E-state index contributed by atoms with van der Waals surface area (Å²) in [5, 5.41) is 11.6. The highest BCUT2D eigenvalue weighted by Crippen LogP contribution is 2.34. The normalized spacial score (nSPS) is 16.0. The van der Waals surface area contributed by atoms with Gasteiger partial charge in [0.1, 0.15) is 24.5 Å². The summed E-state index contributed by atoms with van der Waals surface area (Å²) < 4.78 is 8.30. The highest BCUT2D eigenvalue weighted by atomic mass is 16.5. The van der Waals surface area contributed by atoms with Gasteiger partial charge in [-0.2, -0.15) is 10.2 Å². The van der Waals surface area contributed by atoms with Gasteiger partial charge < -0.3 is 9.64 Å². The average molecular weight is 536 g/mol. The van der Waals surface area contributed by atoms with E-state index in [4.69, 9.17) is 9.84 Å². The summed E-state index contributed by atoms with van der Waals surface area (Å²) >= 11 is 0. The van der Waals surface area contributed by atoms with Gasteiger partial charge in [-0.25, -0.2) is 9.69 Å². The first kappa shape index (κ1) is 24.7. The van der Waals surface area contributed by atoms with Crippen LogP contribution in [0.3, 0.4) is 0 Å². The highest BCUT2D eigenvalue weighted by Gasteiger charge is 2.20. The van der Waals surface area contributed by atoms with Crippen LogP contribution in [-0.2, 0) is 0 Å². The predicted octanol–water partition coefficient (Wildman–Crippen LogP) is 8.16. The molecule has 2 heterocycles. The lowest BCUT2D eigenvalue weighted by Gasteiger charge is -2.19. The summed E-state index contributed by atoms with van der Waals surface area (Å²) in [6, 6.07) is 36.8. The fraction of sp³-hybridized carbons (Fsp3) is 0.0857. The lowest BCUT2D eigenvalue weighted by molar-refractivity contribution is 0.482. The van der Waals surface area contributed by atoms with Crippen LogP contribution in [0, 0.1) is 0 Å². The van der Waals surface area contributed by atoms with Gasteiger partial charge in [0.05, 0.1) is 17.1 Å². The van der Waals surface area contributed by atoms with E-state index in [1.165, 1.54) is 0 Å². The van der Waals surface area contributed by atoms with Crippen molar-refractivity contribution in [1.29, 1.82) is 0 Å². The van der Waals surface area contributed by atoms with E-state index in [2.05, 4.69) is 83.0 Å². The standard InChI is InChI=1S/C35H29N5O/c1-4-12-27(13-5-1)34-24-39(37-35(34)28-14-6-2-7-15-28)30-18-10-20-32(22-30)41-33-21-11-19-31(23-33)40-26-38(25-36-40)29-16-8-3-9-17-29/h1-14,16-25,28H,15,26H2/t28-/m1/s1. The van der Waals surface area contributed by atoms with Crippen molar-refractivity contribution in [3.63, 3.8) is 0 Å². The van der Waals surface area contributed by atoms with E-state index in [9.17, 15) is 0 Å². The first-order valence-electron chi connectivity index (χ1n) is 13.8. The van der Waals surface area contributed by atoms with E-state index in [-0.39, 0.29) is 5.92 Å². The van der Waals surface area contributed by atoms with Crippen LogP contribution in [0.2, 0.25) is 0 Å². The van der Waals surface area contributed by atoms with Crippen molar-refractivity contribution in [2.24, 2.45) is 5.10 Å². The topological polar surface area (TPSA) is 45.9 Å². The quantitative estimate of drug-likeness (QED) is 0.211. The summed E-state index contributed by atoms with van der Waals surface area (Å²) in [6.07, 6.45) is 13.6. The molecule has 0 bridgehead atoms. The summed E-state index contributed by atoms with van der Waals surface area (Å²) in [5.74, 6) is 1.73. The van der Waals surface area contributed by atoms with Crippen molar-refractivity contribution in [3.8, 4) is 28.3 Å². The lowest BCUT2D eigenvalue weighted by atomic mass is 9.92. The molecule has 0 N–H and O–H groups in total. The smallest absolute Gasteiger partial charge is 0.129 e. The van der Waals surface area contributed by atoms with Gasteiger partial charge >= 0.3 is 0 Å². The number of nitrogens with zero attached hydrogens (tertiary/aromatic N) is 5. The second-order valence-electron chi connectivity index (χ2n) is 10.1. The number of para-hydroxylation sites is 1. The van der Waals surface area contributed by atoms with Crippen LogP contribution in [0.4, 0.5) is 11.4 Å². The van der Waals surface area contributed by atoms with Gasteiger partial charge in [0, 0.05) is 35.5 Å². The molecular formula is C35H29N5O. The van der Waals surface area contributed by atoms with Crippen molar-refractivity contribution in [3.05, 3.63) is 145 Å². The second kappa shape index (κ2) is 11.0. The first-order valence-corrected chi connectivity index (χ1v) is 13.8. The molecular weight excluding hydrogens is 506 g/mol. The van der Waals surface area contributed by atoms with Gasteiger partial charge in [0.15, 0.2) is 0 Å². The van der Waals surface area contributed by atoms with E-state index in [1.807, 2.05) is 82.8 Å². The molecule has 1 aliphatic heterocycles. The Kier molecular flexibility index (Phi) is 6.63. The molecule has 0 amide bonds. The first-order chi connectivity index (χ1) is 20.3. The number of anilines is 2. The molecule has 2 aliphatic rings. The summed E-state index contributed by atoms with van der Waals surface area (Å²) in [7, 11) is 0. The number of rotatable bonds is 7. The third-order valence-corrected chi connectivity index (χ3v) is 7.30. The van der Waals surface area contributed by atoms with Gasteiger partial charge in [0.25, 0.3) is 0 Å². The number of hydrogen-bond acceptors (Lipinski definition) is 5. The van der Waals surface area contributed by atoms with Crippen molar-refractivity contribution in [2.75, 3.05) is 16.6 Å². The molecule has 6 nitrogen and oxygen atoms in total. The Balaban J connectivity index is 1.13. The molecule has 0 spiro atoms. The minimum atomic E-state index is 0.240. The van der Waals surface area contributed by atoms with E-state index in [0.29, 0.717) is 6.67 Å². The van der Waals surface area contributed by atoms with Gasteiger partial charge in [0.2, 0.25) is 0 Å². The molecule has 0 fully saturated rings. The van der Waals surface area contributed by atoms with Crippen LogP contribution in [-0.4, -0.2) is 22.8 Å². The van der Waals surface area contributed by atoms with E-state index >= 15 is 0 Å². The molecule has 7 rings (SSSR count). The van der Waals surface area contributed by atoms with Crippen LogP contribution in [0.25, 0.3) is 16.8 Å². The number of allylic oxidation sites excluding steroid dienone is 4. The van der Waals surface area contributed by atoms with Crippen LogP contribution in [0.1, 0.15) is 18.0 Å². The Morgan fingerprint density at radius 3 is 2.17 bits per heavy atom. The Labute approximate surface area is 239 Å². The molecule has 0 radical (unpaired) electrons. The molecule has 0 unspecified atom stereocenters. The molecule has 1 aromatic heterocycles. The third kappa shape index (κ3) is 5.28. The zero-order valence-electron chi connectivity index (χ0n) is 22.5. The second-order valence-corrected chi connectivity index (χ2v) is 10.1. The van der Waals surface area contributed by atoms with E-state index < -0.39 is 0 Å². The maximum Gasteiger partial charge on any atom is 0.129 e. The fourth-order valence-corrected chi connectivity index (χ4v) is 5.21.